The molecule has 2 aromatic heterocycles. The van der Waals surface area contributed by atoms with Crippen molar-refractivity contribution in [3.63, 3.8) is 0 Å². The molecule has 3 N–H and O–H groups in total. The summed E-state index contributed by atoms with van der Waals surface area (Å²) in [5.74, 6) is 0.994. The number of nitrogens with two attached hydrogens (primary N) is 1. The molecule has 0 radical (unpaired) electrons. The molecule has 0 aliphatic carbocycles. The second-order valence-corrected chi connectivity index (χ2v) is 5.88. The number of aromatic nitrogens is 3. The summed E-state index contributed by atoms with van der Waals surface area (Å²) < 4.78 is 12.4. The first-order valence-electron chi connectivity index (χ1n) is 8.57. The molecule has 0 unspecified atom stereocenters. The average molecular weight is 358 g/mol. The number of rotatable bonds is 8. The van der Waals surface area contributed by atoms with Crippen molar-refractivity contribution in [1.29, 1.82) is 0 Å². The standard InChI is InChI=1S/C18H22N4O4/c1-2-25-11-16-21-15-10-20-14-9-12(23)5-6-13(14)17(15)22(16)7-3-4-8-26-18(19)24/h5-6,9-10,23H,2-4,7-8,11H2,1H3,(H2,19,24). The van der Waals surface area contributed by atoms with Crippen LogP contribution in [0.5, 0.6) is 5.75 Å². The molecule has 0 spiro atoms. The zero-order valence-corrected chi connectivity index (χ0v) is 14.6. The van der Waals surface area contributed by atoms with E-state index in [0.29, 0.717) is 38.3 Å². The average Bonchev–Trinajstić information content (AvgIpc) is 2.97. The number of phenols is 1. The third kappa shape index (κ3) is 3.85. The summed E-state index contributed by atoms with van der Waals surface area (Å²) in [6.07, 6.45) is 2.44. The van der Waals surface area contributed by atoms with Gasteiger partial charge in [-0.15, -0.1) is 0 Å². The molecule has 3 aromatic rings. The smallest absolute Gasteiger partial charge is 0.404 e. The number of phenolic OH excluding ortho intramolecular Hbond substituents is 1. The van der Waals surface area contributed by atoms with E-state index in [-0.39, 0.29) is 5.75 Å². The molecule has 0 fully saturated rings. The van der Waals surface area contributed by atoms with Crippen molar-refractivity contribution in [2.75, 3.05) is 13.2 Å². The fourth-order valence-electron chi connectivity index (χ4n) is 2.94. The molecular formula is C18H22N4O4. The Morgan fingerprint density at radius 1 is 1.31 bits per heavy atom. The number of unbranched alkanes of at least 4 members (excludes halogenated alkanes) is 1. The highest BCUT2D eigenvalue weighted by Crippen LogP contribution is 2.27. The van der Waals surface area contributed by atoms with Crippen molar-refractivity contribution in [3.8, 4) is 5.75 Å². The molecular weight excluding hydrogens is 336 g/mol. The number of benzene rings is 1. The second kappa shape index (κ2) is 8.01. The number of aromatic hydroxyl groups is 1. The lowest BCUT2D eigenvalue weighted by atomic mass is 10.2. The number of nitrogens with zero attached hydrogens (tertiary/aromatic N) is 3. The Balaban J connectivity index is 1.94. The highest BCUT2D eigenvalue weighted by atomic mass is 16.5. The molecule has 138 valence electrons. The monoisotopic (exact) mass is 358 g/mol. The first-order valence-corrected chi connectivity index (χ1v) is 8.57. The van der Waals surface area contributed by atoms with Gasteiger partial charge in [-0.1, -0.05) is 0 Å². The lowest BCUT2D eigenvalue weighted by molar-refractivity contribution is 0.125. The van der Waals surface area contributed by atoms with Crippen LogP contribution in [0.4, 0.5) is 4.79 Å². The minimum absolute atomic E-state index is 0.175. The van der Waals surface area contributed by atoms with E-state index in [2.05, 4.69) is 14.5 Å². The number of imidazole rings is 1. The van der Waals surface area contributed by atoms with Crippen LogP contribution in [-0.4, -0.2) is 38.9 Å². The maximum atomic E-state index is 10.7. The molecule has 8 heteroatoms. The molecule has 8 nitrogen and oxygen atoms in total. The van der Waals surface area contributed by atoms with E-state index in [1.165, 1.54) is 0 Å². The lowest BCUT2D eigenvalue weighted by Gasteiger charge is -2.11. The Bertz CT molecular complexity index is 922. The van der Waals surface area contributed by atoms with E-state index in [0.717, 1.165) is 28.7 Å². The van der Waals surface area contributed by atoms with E-state index in [4.69, 9.17) is 15.2 Å². The molecule has 0 saturated heterocycles. The highest BCUT2D eigenvalue weighted by molar-refractivity contribution is 6.02. The number of hydrogen-bond acceptors (Lipinski definition) is 6. The van der Waals surface area contributed by atoms with E-state index in [9.17, 15) is 9.90 Å². The summed E-state index contributed by atoms with van der Waals surface area (Å²) in [6, 6.07) is 5.12. The summed E-state index contributed by atoms with van der Waals surface area (Å²) in [5.41, 5.74) is 7.43. The van der Waals surface area contributed by atoms with Crippen molar-refractivity contribution in [2.45, 2.75) is 32.9 Å². The first-order chi connectivity index (χ1) is 12.6. The van der Waals surface area contributed by atoms with E-state index >= 15 is 0 Å². The quantitative estimate of drug-likeness (QED) is 0.599. The van der Waals surface area contributed by atoms with Gasteiger partial charge in [0.25, 0.3) is 0 Å². The van der Waals surface area contributed by atoms with Gasteiger partial charge in [-0.2, -0.15) is 0 Å². The largest absolute Gasteiger partial charge is 0.508 e. The molecule has 0 aliphatic rings. The molecule has 2 heterocycles. The molecule has 1 amide bonds. The zero-order valence-electron chi connectivity index (χ0n) is 14.6. The van der Waals surface area contributed by atoms with Crippen LogP contribution in [0.1, 0.15) is 25.6 Å². The first kappa shape index (κ1) is 17.9. The maximum Gasteiger partial charge on any atom is 0.404 e. The molecule has 0 bridgehead atoms. The van der Waals surface area contributed by atoms with Gasteiger partial charge in [0, 0.05) is 24.6 Å². The maximum absolute atomic E-state index is 10.7. The molecule has 0 atom stereocenters. The van der Waals surface area contributed by atoms with Crippen LogP contribution in [-0.2, 0) is 22.6 Å². The SMILES string of the molecule is CCOCc1nc2cnc3cc(O)ccc3c2n1CCCCOC(N)=O. The Morgan fingerprint density at radius 3 is 2.92 bits per heavy atom. The number of hydrogen-bond donors (Lipinski definition) is 2. The summed E-state index contributed by atoms with van der Waals surface area (Å²) in [5, 5.41) is 10.6. The van der Waals surface area contributed by atoms with Crippen LogP contribution in [0, 0.1) is 0 Å². The summed E-state index contributed by atoms with van der Waals surface area (Å²) >= 11 is 0. The Kier molecular flexibility index (Phi) is 5.52. The number of carbonyl (C=O) groups excluding carboxylic acids is 1. The minimum atomic E-state index is -0.757. The van der Waals surface area contributed by atoms with Crippen molar-refractivity contribution in [1.82, 2.24) is 14.5 Å². The molecule has 3 rings (SSSR count). The van der Waals surface area contributed by atoms with Gasteiger partial charge in [0.1, 0.15) is 23.7 Å². The van der Waals surface area contributed by atoms with Gasteiger partial charge in [0.05, 0.1) is 23.8 Å². The van der Waals surface area contributed by atoms with E-state index in [1.54, 1.807) is 18.3 Å². The third-order valence-corrected chi connectivity index (χ3v) is 4.09. The second-order valence-electron chi connectivity index (χ2n) is 5.88. The van der Waals surface area contributed by atoms with Crippen molar-refractivity contribution in [3.05, 3.63) is 30.2 Å². The number of aryl methyl sites for hydroxylation is 1. The summed E-state index contributed by atoms with van der Waals surface area (Å²) in [6.45, 7) is 3.93. The zero-order chi connectivity index (χ0) is 18.5. The van der Waals surface area contributed by atoms with E-state index < -0.39 is 6.09 Å². The van der Waals surface area contributed by atoms with Crippen LogP contribution < -0.4 is 5.73 Å². The van der Waals surface area contributed by atoms with Crippen LogP contribution in [0.2, 0.25) is 0 Å². The van der Waals surface area contributed by atoms with Gasteiger partial charge in [-0.3, -0.25) is 4.98 Å². The number of amides is 1. The predicted molar refractivity (Wildman–Crippen MR) is 96.8 cm³/mol. The van der Waals surface area contributed by atoms with Gasteiger partial charge in [0.2, 0.25) is 0 Å². The van der Waals surface area contributed by atoms with Gasteiger partial charge in [-0.05, 0) is 31.9 Å². The molecule has 26 heavy (non-hydrogen) atoms. The number of primary amides is 1. The topological polar surface area (TPSA) is 112 Å². The van der Waals surface area contributed by atoms with E-state index in [1.807, 2.05) is 13.0 Å². The molecule has 1 aromatic carbocycles. The molecule has 0 saturated carbocycles. The number of pyridine rings is 1. The van der Waals surface area contributed by atoms with Crippen molar-refractivity contribution < 1.29 is 19.4 Å². The van der Waals surface area contributed by atoms with Crippen LogP contribution >= 0.6 is 0 Å². The van der Waals surface area contributed by atoms with Crippen LogP contribution in [0.3, 0.4) is 0 Å². The number of fused-ring (bicyclic) bond motifs is 3. The van der Waals surface area contributed by atoms with Crippen LogP contribution in [0.25, 0.3) is 21.9 Å². The van der Waals surface area contributed by atoms with Gasteiger partial charge in [-0.25, -0.2) is 9.78 Å². The normalized spacial score (nSPS) is 11.3. The fourth-order valence-corrected chi connectivity index (χ4v) is 2.94. The number of carbonyl (C=O) groups is 1. The third-order valence-electron chi connectivity index (χ3n) is 4.09. The Hall–Kier alpha value is -2.87. The minimum Gasteiger partial charge on any atom is -0.508 e. The lowest BCUT2D eigenvalue weighted by Crippen LogP contribution is -2.14. The van der Waals surface area contributed by atoms with Gasteiger partial charge >= 0.3 is 6.09 Å². The summed E-state index contributed by atoms with van der Waals surface area (Å²) in [7, 11) is 0. The van der Waals surface area contributed by atoms with Gasteiger partial charge < -0.3 is 24.9 Å². The molecule has 0 aliphatic heterocycles. The highest BCUT2D eigenvalue weighted by Gasteiger charge is 2.14. The predicted octanol–water partition coefficient (Wildman–Crippen LogP) is 2.70. The Morgan fingerprint density at radius 2 is 2.15 bits per heavy atom. The Labute approximate surface area is 150 Å². The number of ether oxygens (including phenoxy) is 2. The summed E-state index contributed by atoms with van der Waals surface area (Å²) in [4.78, 5) is 19.7. The fraction of sp³-hybridized carbons (Fsp3) is 0.389. The van der Waals surface area contributed by atoms with Gasteiger partial charge in [0.15, 0.2) is 0 Å². The van der Waals surface area contributed by atoms with Crippen molar-refractivity contribution in [2.24, 2.45) is 5.73 Å². The van der Waals surface area contributed by atoms with Crippen LogP contribution in [0.15, 0.2) is 24.4 Å². The van der Waals surface area contributed by atoms with Crippen molar-refractivity contribution >= 4 is 28.0 Å².